The van der Waals surface area contributed by atoms with Crippen LogP contribution in [0.15, 0.2) is 23.0 Å². The van der Waals surface area contributed by atoms with Crippen molar-refractivity contribution in [3.05, 3.63) is 39.7 Å². The highest BCUT2D eigenvalue weighted by atomic mass is 16.3. The maximum absolute atomic E-state index is 13.8. The van der Waals surface area contributed by atoms with Crippen molar-refractivity contribution in [2.75, 3.05) is 39.6 Å². The van der Waals surface area contributed by atoms with Crippen LogP contribution < -0.4 is 16.0 Å². The second-order valence-electron chi connectivity index (χ2n) is 10.5. The third-order valence-corrected chi connectivity index (χ3v) is 8.43. The zero-order valence-corrected chi connectivity index (χ0v) is 20.8. The summed E-state index contributed by atoms with van der Waals surface area (Å²) in [4.78, 5) is 42.9. The van der Waals surface area contributed by atoms with E-state index in [1.807, 2.05) is 14.1 Å². The quantitative estimate of drug-likeness (QED) is 0.304. The molecule has 1 aromatic rings. The summed E-state index contributed by atoms with van der Waals surface area (Å²) >= 11 is 0. The number of nitrogens with zero attached hydrogens (tertiary/aromatic N) is 2. The van der Waals surface area contributed by atoms with Crippen LogP contribution in [0.4, 0.5) is 5.69 Å². The topological polar surface area (TPSA) is 156 Å². The van der Waals surface area contributed by atoms with Crippen molar-refractivity contribution in [2.24, 2.45) is 23.5 Å². The Balaban J connectivity index is 1.69. The number of aliphatic hydroxyl groups is 2. The molecule has 0 aromatic heterocycles. The van der Waals surface area contributed by atoms with E-state index < -0.39 is 52.6 Å². The molecule has 0 radical (unpaired) electrons. The van der Waals surface area contributed by atoms with Crippen LogP contribution in [0.3, 0.4) is 0 Å². The number of rotatable bonds is 3. The number of aliphatic hydroxyl groups excluding tert-OH is 2. The van der Waals surface area contributed by atoms with Gasteiger partial charge in [-0.2, -0.15) is 0 Å². The van der Waals surface area contributed by atoms with Crippen molar-refractivity contribution >= 4 is 28.9 Å². The van der Waals surface area contributed by atoms with Gasteiger partial charge in [-0.15, -0.1) is 0 Å². The van der Waals surface area contributed by atoms with Gasteiger partial charge in [0, 0.05) is 30.9 Å². The van der Waals surface area contributed by atoms with Crippen molar-refractivity contribution in [3.8, 4) is 5.75 Å². The number of benzene rings is 1. The fourth-order valence-electron chi connectivity index (χ4n) is 6.96. The fourth-order valence-corrected chi connectivity index (χ4v) is 6.96. The number of hydrogen-bond acceptors (Lipinski definition) is 9. The summed E-state index contributed by atoms with van der Waals surface area (Å²) in [6.45, 7) is 0.785. The minimum Gasteiger partial charge on any atom is -0.510 e. The lowest BCUT2D eigenvalue weighted by molar-refractivity contribution is -0.136. The summed E-state index contributed by atoms with van der Waals surface area (Å²) in [5.41, 5.74) is 7.79. The zero-order valence-electron chi connectivity index (χ0n) is 20.8. The van der Waals surface area contributed by atoms with Crippen LogP contribution in [-0.4, -0.2) is 78.5 Å². The van der Waals surface area contributed by atoms with Crippen molar-refractivity contribution in [3.63, 3.8) is 0 Å². The number of Topliss-reactive ketones (excluding diaryl/α,β-unsaturated/α-hetero) is 2. The van der Waals surface area contributed by atoms with Crippen LogP contribution in [0, 0.1) is 17.8 Å². The largest absolute Gasteiger partial charge is 0.510 e. The molecule has 3 aliphatic carbocycles. The summed E-state index contributed by atoms with van der Waals surface area (Å²) in [6, 6.07) is 0.928. The molecular weight excluding hydrogens is 464 g/mol. The summed E-state index contributed by atoms with van der Waals surface area (Å²) in [5, 5.41) is 36.5. The first kappa shape index (κ1) is 24.3. The predicted octanol–water partition coefficient (Wildman–Crippen LogP) is 0.950. The second-order valence-corrected chi connectivity index (χ2v) is 10.5. The molecule has 0 saturated heterocycles. The Hall–Kier alpha value is -3.37. The van der Waals surface area contributed by atoms with Crippen LogP contribution in [-0.2, 0) is 20.8 Å². The molecule has 1 fully saturated rings. The van der Waals surface area contributed by atoms with E-state index in [1.54, 1.807) is 25.1 Å². The van der Waals surface area contributed by atoms with Crippen LogP contribution in [0.5, 0.6) is 5.75 Å². The van der Waals surface area contributed by atoms with Gasteiger partial charge in [0.15, 0.2) is 11.6 Å². The number of carbonyl (C=O) groups is 3. The van der Waals surface area contributed by atoms with Crippen LogP contribution in [0.25, 0.3) is 5.76 Å². The number of likely N-dealkylation sites (N-methyl/N-ethyl adjacent to an activating group) is 1. The molecular formula is C26H32N4O6. The Bertz CT molecular complexity index is 1270. The van der Waals surface area contributed by atoms with E-state index in [0.717, 1.165) is 29.8 Å². The molecule has 1 saturated carbocycles. The number of phenolic OH excluding ortho intramolecular Hbond substituents is 1. The third kappa shape index (κ3) is 3.20. The lowest BCUT2D eigenvalue weighted by atomic mass is 9.59. The van der Waals surface area contributed by atoms with E-state index in [4.69, 9.17) is 5.73 Å². The van der Waals surface area contributed by atoms with Crippen molar-refractivity contribution in [2.45, 2.75) is 31.3 Å². The number of hydrogen-bond donors (Lipinski definition) is 5. The molecule has 6 N–H and O–H groups in total. The van der Waals surface area contributed by atoms with E-state index in [0.29, 0.717) is 12.8 Å². The van der Waals surface area contributed by atoms with Gasteiger partial charge in [0.2, 0.25) is 0 Å². The first-order chi connectivity index (χ1) is 17.0. The van der Waals surface area contributed by atoms with Gasteiger partial charge in [-0.25, -0.2) is 0 Å². The van der Waals surface area contributed by atoms with Gasteiger partial charge in [0.1, 0.15) is 22.8 Å². The van der Waals surface area contributed by atoms with Gasteiger partial charge >= 0.3 is 0 Å². The third-order valence-electron chi connectivity index (χ3n) is 8.43. The van der Waals surface area contributed by atoms with E-state index in [-0.39, 0.29) is 28.7 Å². The summed E-state index contributed by atoms with van der Waals surface area (Å²) < 4.78 is 0. The predicted molar refractivity (Wildman–Crippen MR) is 132 cm³/mol. The number of phenols is 1. The monoisotopic (exact) mass is 496 g/mol. The van der Waals surface area contributed by atoms with Crippen molar-refractivity contribution in [1.29, 1.82) is 0 Å². The molecule has 1 heterocycles. The number of nitrogens with one attached hydrogen (secondary N) is 1. The number of ketones is 2. The Kier molecular flexibility index (Phi) is 5.64. The highest BCUT2D eigenvalue weighted by Gasteiger charge is 2.56. The standard InChI is InChI=1S/C26H32N4O6/c1-28-14-5-6-30(4)20-11(14)9-15(31)17-12(20)7-10-8-13-18(23(33)16(10)22(17)32)24(34)19(26(27)36)25(35)21(13)29(2)3/h9-10,13-14,18,21,28,31-32,35H,5-8H2,1-4H3,(H2,27,36)/t10-,13+,14?,18+,21+/m0/s1. The molecule has 1 aliphatic heterocycles. The molecule has 36 heavy (non-hydrogen) atoms. The number of primary amides is 1. The van der Waals surface area contributed by atoms with Crippen molar-refractivity contribution < 1.29 is 29.7 Å². The van der Waals surface area contributed by atoms with Gasteiger partial charge in [0.25, 0.3) is 5.91 Å². The number of fused-ring (bicyclic) bond motifs is 5. The first-order valence-electron chi connectivity index (χ1n) is 12.2. The smallest absolute Gasteiger partial charge is 0.255 e. The molecule has 10 nitrogen and oxygen atoms in total. The normalized spacial score (nSPS) is 29.7. The summed E-state index contributed by atoms with van der Waals surface area (Å²) in [5.74, 6) is -5.59. The highest BCUT2D eigenvalue weighted by Crippen LogP contribution is 2.53. The van der Waals surface area contributed by atoms with E-state index in [1.165, 1.54) is 0 Å². The lowest BCUT2D eigenvalue weighted by Gasteiger charge is -2.46. The highest BCUT2D eigenvalue weighted by molar-refractivity contribution is 6.28. The first-order valence-corrected chi connectivity index (χ1v) is 12.2. The van der Waals surface area contributed by atoms with E-state index in [9.17, 15) is 29.7 Å². The maximum atomic E-state index is 13.8. The van der Waals surface area contributed by atoms with E-state index >= 15 is 0 Å². The van der Waals surface area contributed by atoms with Gasteiger partial charge in [-0.05, 0) is 69.4 Å². The molecule has 10 heteroatoms. The minimum absolute atomic E-state index is 0.0423. The number of amides is 1. The lowest BCUT2D eigenvalue weighted by Crippen LogP contribution is -2.55. The number of nitrogens with two attached hydrogens (primary N) is 1. The summed E-state index contributed by atoms with van der Waals surface area (Å²) in [6.07, 6.45) is 1.59. The van der Waals surface area contributed by atoms with Gasteiger partial charge < -0.3 is 31.3 Å². The SMILES string of the molecule is CNC1CCN(C)c2c1cc(O)c1c2C[C@H]2C[C@@H]3[C@@H](C(=O)C(C(N)=O)=C(O)[C@@H]3N(C)C)C(=O)C2=C1O. The molecule has 1 unspecified atom stereocenters. The average molecular weight is 497 g/mol. The fraction of sp³-hybridized carbons (Fsp3) is 0.500. The Labute approximate surface area is 209 Å². The molecule has 0 spiro atoms. The number of allylic oxidation sites excluding steroid dienone is 1. The summed E-state index contributed by atoms with van der Waals surface area (Å²) in [7, 11) is 7.25. The van der Waals surface area contributed by atoms with Crippen LogP contribution in [0.1, 0.15) is 35.6 Å². The molecule has 1 amide bonds. The number of aromatic hydroxyl groups is 1. The Morgan fingerprint density at radius 2 is 1.89 bits per heavy atom. The van der Waals surface area contributed by atoms with Crippen molar-refractivity contribution in [1.82, 2.24) is 10.2 Å². The van der Waals surface area contributed by atoms with Gasteiger partial charge in [-0.3, -0.25) is 19.3 Å². The van der Waals surface area contributed by atoms with Gasteiger partial charge in [0.05, 0.1) is 17.5 Å². The van der Waals surface area contributed by atoms with Crippen LogP contribution in [0.2, 0.25) is 0 Å². The van der Waals surface area contributed by atoms with Crippen LogP contribution >= 0.6 is 0 Å². The zero-order chi connectivity index (χ0) is 26.2. The molecule has 192 valence electrons. The Morgan fingerprint density at radius 1 is 1.19 bits per heavy atom. The number of carbonyl (C=O) groups excluding carboxylic acids is 3. The maximum Gasteiger partial charge on any atom is 0.255 e. The molecule has 5 rings (SSSR count). The Morgan fingerprint density at radius 3 is 2.50 bits per heavy atom. The molecule has 4 aliphatic rings. The van der Waals surface area contributed by atoms with Gasteiger partial charge in [-0.1, -0.05) is 0 Å². The molecule has 1 aromatic carbocycles. The van der Waals surface area contributed by atoms with E-state index in [2.05, 4.69) is 10.2 Å². The molecule has 5 atom stereocenters. The minimum atomic E-state index is -1.25. The average Bonchev–Trinajstić information content (AvgIpc) is 2.78. The second kappa shape index (κ2) is 8.35. The molecule has 0 bridgehead atoms. The number of anilines is 1.